The lowest BCUT2D eigenvalue weighted by Crippen LogP contribution is -2.25. The van der Waals surface area contributed by atoms with E-state index in [2.05, 4.69) is 20.7 Å². The van der Waals surface area contributed by atoms with Crippen LogP contribution in [0.15, 0.2) is 53.0 Å². The average Bonchev–Trinajstić information content (AvgIpc) is 2.49. The second-order valence-corrected chi connectivity index (χ2v) is 7.47. The molecule has 0 aromatic heterocycles. The molecule has 0 unspecified atom stereocenters. The van der Waals surface area contributed by atoms with Gasteiger partial charge in [-0.1, -0.05) is 46.3 Å². The number of hydrogen-bond acceptors (Lipinski definition) is 3. The molecule has 0 atom stereocenters. The highest BCUT2D eigenvalue weighted by Crippen LogP contribution is 2.18. The van der Waals surface area contributed by atoms with E-state index in [0.29, 0.717) is 12.4 Å². The lowest BCUT2D eigenvalue weighted by Gasteiger charge is -2.11. The maximum atomic E-state index is 12.2. The van der Waals surface area contributed by atoms with Gasteiger partial charge in [-0.25, -0.2) is 13.1 Å². The Morgan fingerprint density at radius 1 is 1.09 bits per heavy atom. The smallest absolute Gasteiger partial charge is 0.216 e. The average molecular weight is 384 g/mol. The summed E-state index contributed by atoms with van der Waals surface area (Å²) in [5, 5.41) is 0. The zero-order valence-electron chi connectivity index (χ0n) is 12.3. The summed E-state index contributed by atoms with van der Waals surface area (Å²) in [7, 11) is -3.40. The van der Waals surface area contributed by atoms with Crippen LogP contribution < -0.4 is 9.46 Å². The van der Waals surface area contributed by atoms with Gasteiger partial charge in [0.1, 0.15) is 5.75 Å². The molecule has 2 rings (SSSR count). The lowest BCUT2D eigenvalue weighted by molar-refractivity contribution is 0.336. The topological polar surface area (TPSA) is 55.4 Å². The molecule has 0 amide bonds. The number of halogens is 1. The van der Waals surface area contributed by atoms with Gasteiger partial charge in [0.15, 0.2) is 0 Å². The summed E-state index contributed by atoms with van der Waals surface area (Å²) in [6.45, 7) is 2.66. The van der Waals surface area contributed by atoms with Crippen molar-refractivity contribution in [1.29, 1.82) is 0 Å². The van der Waals surface area contributed by atoms with Crippen molar-refractivity contribution >= 4 is 26.0 Å². The molecule has 0 fully saturated rings. The number of sulfonamides is 1. The van der Waals surface area contributed by atoms with E-state index in [9.17, 15) is 8.42 Å². The number of benzene rings is 2. The molecule has 22 heavy (non-hydrogen) atoms. The second-order valence-electron chi connectivity index (χ2n) is 4.75. The van der Waals surface area contributed by atoms with E-state index in [4.69, 9.17) is 4.74 Å². The van der Waals surface area contributed by atoms with E-state index in [1.165, 1.54) is 0 Å². The van der Waals surface area contributed by atoms with Crippen molar-refractivity contribution in [2.24, 2.45) is 0 Å². The highest BCUT2D eigenvalue weighted by atomic mass is 79.9. The van der Waals surface area contributed by atoms with Crippen LogP contribution in [0.4, 0.5) is 0 Å². The zero-order valence-corrected chi connectivity index (χ0v) is 14.7. The standard InChI is InChI=1S/C16H18BrNO3S/c1-2-21-16-6-4-3-5-14(16)11-18-22(19,20)12-13-7-9-15(17)10-8-13/h3-10,18H,2,11-12H2,1H3. The van der Waals surface area contributed by atoms with Crippen molar-refractivity contribution in [2.45, 2.75) is 19.2 Å². The Morgan fingerprint density at radius 3 is 2.45 bits per heavy atom. The normalized spacial score (nSPS) is 11.4. The predicted octanol–water partition coefficient (Wildman–Crippen LogP) is 3.47. The summed E-state index contributed by atoms with van der Waals surface area (Å²) >= 11 is 3.33. The Morgan fingerprint density at radius 2 is 1.77 bits per heavy atom. The summed E-state index contributed by atoms with van der Waals surface area (Å²) in [6, 6.07) is 14.7. The van der Waals surface area contributed by atoms with Gasteiger partial charge in [0.05, 0.1) is 12.4 Å². The molecule has 118 valence electrons. The minimum atomic E-state index is -3.40. The molecule has 0 saturated heterocycles. The number of ether oxygens (including phenoxy) is 1. The third-order valence-electron chi connectivity index (χ3n) is 3.02. The van der Waals surface area contributed by atoms with Crippen LogP contribution in [-0.4, -0.2) is 15.0 Å². The number of para-hydroxylation sites is 1. The molecular weight excluding hydrogens is 366 g/mol. The minimum Gasteiger partial charge on any atom is -0.494 e. The van der Waals surface area contributed by atoms with Crippen molar-refractivity contribution in [3.05, 3.63) is 64.1 Å². The number of nitrogens with one attached hydrogen (secondary N) is 1. The summed E-state index contributed by atoms with van der Waals surface area (Å²) in [6.07, 6.45) is 0. The molecule has 0 heterocycles. The Hall–Kier alpha value is -1.37. The Labute approximate surface area is 139 Å². The molecule has 0 aliphatic carbocycles. The zero-order chi connectivity index (χ0) is 16.0. The summed E-state index contributed by atoms with van der Waals surface area (Å²) in [5.41, 5.74) is 1.57. The molecule has 0 aliphatic heterocycles. The first-order chi connectivity index (χ1) is 10.5. The van der Waals surface area contributed by atoms with E-state index in [1.807, 2.05) is 43.3 Å². The fourth-order valence-corrected chi connectivity index (χ4v) is 3.36. The van der Waals surface area contributed by atoms with Gasteiger partial charge in [-0.2, -0.15) is 0 Å². The minimum absolute atomic E-state index is 0.0446. The van der Waals surface area contributed by atoms with E-state index in [1.54, 1.807) is 12.1 Å². The van der Waals surface area contributed by atoms with Gasteiger partial charge in [0.2, 0.25) is 10.0 Å². The molecule has 0 spiro atoms. The number of hydrogen-bond donors (Lipinski definition) is 1. The van der Waals surface area contributed by atoms with Crippen LogP contribution in [0.5, 0.6) is 5.75 Å². The summed E-state index contributed by atoms with van der Waals surface area (Å²) in [4.78, 5) is 0. The molecule has 0 saturated carbocycles. The first-order valence-electron chi connectivity index (χ1n) is 6.92. The van der Waals surface area contributed by atoms with Crippen LogP contribution in [0.2, 0.25) is 0 Å². The molecule has 4 nitrogen and oxygen atoms in total. The van der Waals surface area contributed by atoms with Gasteiger partial charge in [0, 0.05) is 16.6 Å². The Bertz CT molecular complexity index is 714. The van der Waals surface area contributed by atoms with Crippen molar-refractivity contribution in [3.8, 4) is 5.75 Å². The van der Waals surface area contributed by atoms with E-state index >= 15 is 0 Å². The fraction of sp³-hybridized carbons (Fsp3) is 0.250. The van der Waals surface area contributed by atoms with Gasteiger partial charge >= 0.3 is 0 Å². The van der Waals surface area contributed by atoms with Crippen LogP contribution in [0.3, 0.4) is 0 Å². The molecule has 0 radical (unpaired) electrons. The fourth-order valence-electron chi connectivity index (χ4n) is 1.98. The second kappa shape index (κ2) is 7.76. The monoisotopic (exact) mass is 383 g/mol. The van der Waals surface area contributed by atoms with Crippen LogP contribution in [-0.2, 0) is 22.3 Å². The van der Waals surface area contributed by atoms with E-state index in [-0.39, 0.29) is 12.3 Å². The van der Waals surface area contributed by atoms with Crippen LogP contribution in [0.1, 0.15) is 18.1 Å². The maximum absolute atomic E-state index is 12.2. The van der Waals surface area contributed by atoms with Crippen molar-refractivity contribution in [3.63, 3.8) is 0 Å². The highest BCUT2D eigenvalue weighted by Gasteiger charge is 2.12. The van der Waals surface area contributed by atoms with Gasteiger partial charge in [-0.15, -0.1) is 0 Å². The third-order valence-corrected chi connectivity index (χ3v) is 4.85. The molecule has 1 N–H and O–H groups in total. The quantitative estimate of drug-likeness (QED) is 0.796. The van der Waals surface area contributed by atoms with Crippen LogP contribution in [0, 0.1) is 0 Å². The van der Waals surface area contributed by atoms with Crippen molar-refractivity contribution in [1.82, 2.24) is 4.72 Å². The SMILES string of the molecule is CCOc1ccccc1CNS(=O)(=O)Cc1ccc(Br)cc1. The molecule has 6 heteroatoms. The van der Waals surface area contributed by atoms with Crippen molar-refractivity contribution < 1.29 is 13.2 Å². The van der Waals surface area contributed by atoms with Crippen LogP contribution >= 0.6 is 15.9 Å². The first-order valence-corrected chi connectivity index (χ1v) is 9.37. The predicted molar refractivity (Wildman–Crippen MR) is 91.2 cm³/mol. The molecule has 0 bridgehead atoms. The summed E-state index contributed by atoms with van der Waals surface area (Å²) in [5.74, 6) is 0.660. The van der Waals surface area contributed by atoms with Crippen LogP contribution in [0.25, 0.3) is 0 Å². The molecule has 0 aliphatic rings. The first kappa shape index (κ1) is 17.0. The van der Waals surface area contributed by atoms with Gasteiger partial charge in [0.25, 0.3) is 0 Å². The van der Waals surface area contributed by atoms with Gasteiger partial charge in [-0.05, 0) is 30.7 Å². The largest absolute Gasteiger partial charge is 0.494 e. The lowest BCUT2D eigenvalue weighted by atomic mass is 10.2. The Kier molecular flexibility index (Phi) is 5.99. The number of rotatable bonds is 7. The summed E-state index contributed by atoms with van der Waals surface area (Å²) < 4.78 is 33.4. The van der Waals surface area contributed by atoms with E-state index in [0.717, 1.165) is 15.6 Å². The highest BCUT2D eigenvalue weighted by molar-refractivity contribution is 9.10. The van der Waals surface area contributed by atoms with E-state index < -0.39 is 10.0 Å². The molecule has 2 aromatic carbocycles. The third kappa shape index (κ3) is 5.12. The van der Waals surface area contributed by atoms with Crippen molar-refractivity contribution in [2.75, 3.05) is 6.61 Å². The maximum Gasteiger partial charge on any atom is 0.216 e. The molecule has 2 aromatic rings. The van der Waals surface area contributed by atoms with Gasteiger partial charge < -0.3 is 4.74 Å². The van der Waals surface area contributed by atoms with Gasteiger partial charge in [-0.3, -0.25) is 0 Å². The molecular formula is C16H18BrNO3S. The Balaban J connectivity index is 2.02.